The van der Waals surface area contributed by atoms with Crippen LogP contribution in [-0.4, -0.2) is 18.1 Å². The van der Waals surface area contributed by atoms with E-state index in [9.17, 15) is 4.79 Å². The standard InChI is InChI=1S/C17H15N3O3/c1-22-13-6-7-15-14(10-13)16(8-9-19-15)23-12-4-2-11(3-5-12)20-17(18)21/h2-10H,1H3,(H3,18,20,21). The Kier molecular flexibility index (Phi) is 3.97. The van der Waals surface area contributed by atoms with Crippen LogP contribution in [-0.2, 0) is 0 Å². The lowest BCUT2D eigenvalue weighted by molar-refractivity contribution is 0.259. The second-order valence-electron chi connectivity index (χ2n) is 4.81. The van der Waals surface area contributed by atoms with Crippen LogP contribution in [0.4, 0.5) is 10.5 Å². The molecule has 2 aromatic carbocycles. The number of anilines is 1. The Hall–Kier alpha value is -3.28. The molecule has 0 atom stereocenters. The minimum atomic E-state index is -0.606. The van der Waals surface area contributed by atoms with Crippen LogP contribution >= 0.6 is 0 Å². The summed E-state index contributed by atoms with van der Waals surface area (Å²) in [6, 6.07) is 13.7. The summed E-state index contributed by atoms with van der Waals surface area (Å²) in [5.41, 5.74) is 6.49. The molecule has 3 aromatic rings. The second kappa shape index (κ2) is 6.23. The molecule has 116 valence electrons. The smallest absolute Gasteiger partial charge is 0.316 e. The summed E-state index contributed by atoms with van der Waals surface area (Å²) in [6.07, 6.45) is 1.69. The van der Waals surface area contributed by atoms with Crippen molar-refractivity contribution in [2.75, 3.05) is 12.4 Å². The van der Waals surface area contributed by atoms with Crippen molar-refractivity contribution >= 4 is 22.6 Å². The predicted molar refractivity (Wildman–Crippen MR) is 88.0 cm³/mol. The summed E-state index contributed by atoms with van der Waals surface area (Å²) >= 11 is 0. The summed E-state index contributed by atoms with van der Waals surface area (Å²) in [4.78, 5) is 15.1. The minimum absolute atomic E-state index is 0.603. The Morgan fingerprint density at radius 1 is 1.09 bits per heavy atom. The number of benzene rings is 2. The number of fused-ring (bicyclic) bond motifs is 1. The van der Waals surface area contributed by atoms with E-state index < -0.39 is 6.03 Å². The molecule has 2 amide bonds. The molecule has 1 aromatic heterocycles. The highest BCUT2D eigenvalue weighted by molar-refractivity contribution is 5.88. The van der Waals surface area contributed by atoms with E-state index in [0.717, 1.165) is 16.7 Å². The molecule has 0 spiro atoms. The fraction of sp³-hybridized carbons (Fsp3) is 0.0588. The topological polar surface area (TPSA) is 86.5 Å². The maximum atomic E-state index is 10.8. The fourth-order valence-corrected chi connectivity index (χ4v) is 2.19. The maximum Gasteiger partial charge on any atom is 0.316 e. The maximum absolute atomic E-state index is 10.8. The molecule has 0 aliphatic carbocycles. The largest absolute Gasteiger partial charge is 0.497 e. The van der Waals surface area contributed by atoms with Gasteiger partial charge in [-0.1, -0.05) is 0 Å². The van der Waals surface area contributed by atoms with Gasteiger partial charge < -0.3 is 20.5 Å². The van der Waals surface area contributed by atoms with Crippen molar-refractivity contribution in [3.63, 3.8) is 0 Å². The van der Waals surface area contributed by atoms with Crippen molar-refractivity contribution in [2.45, 2.75) is 0 Å². The summed E-state index contributed by atoms with van der Waals surface area (Å²) in [6.45, 7) is 0. The van der Waals surface area contributed by atoms with Crippen LogP contribution in [0.5, 0.6) is 17.2 Å². The Bertz CT molecular complexity index is 847. The average Bonchev–Trinajstić information content (AvgIpc) is 2.56. The fourth-order valence-electron chi connectivity index (χ4n) is 2.19. The summed E-state index contributed by atoms with van der Waals surface area (Å²) < 4.78 is 11.2. The molecule has 0 unspecified atom stereocenters. The molecule has 1 heterocycles. The zero-order valence-corrected chi connectivity index (χ0v) is 12.4. The number of urea groups is 1. The van der Waals surface area contributed by atoms with Gasteiger partial charge in [-0.2, -0.15) is 0 Å². The van der Waals surface area contributed by atoms with Gasteiger partial charge in [0.15, 0.2) is 0 Å². The van der Waals surface area contributed by atoms with Gasteiger partial charge in [-0.05, 0) is 48.5 Å². The number of amides is 2. The van der Waals surface area contributed by atoms with E-state index in [2.05, 4.69) is 10.3 Å². The van der Waals surface area contributed by atoms with Crippen molar-refractivity contribution in [1.82, 2.24) is 4.98 Å². The van der Waals surface area contributed by atoms with Crippen LogP contribution in [0.15, 0.2) is 54.7 Å². The van der Waals surface area contributed by atoms with Gasteiger partial charge in [0.05, 0.1) is 12.6 Å². The second-order valence-corrected chi connectivity index (χ2v) is 4.81. The third kappa shape index (κ3) is 3.32. The molecule has 0 saturated carbocycles. The number of hydrogen-bond donors (Lipinski definition) is 2. The van der Waals surface area contributed by atoms with Crippen LogP contribution < -0.4 is 20.5 Å². The van der Waals surface area contributed by atoms with Crippen LogP contribution in [0.1, 0.15) is 0 Å². The first-order valence-corrected chi connectivity index (χ1v) is 6.93. The molecule has 3 N–H and O–H groups in total. The highest BCUT2D eigenvalue weighted by Crippen LogP contribution is 2.31. The van der Waals surface area contributed by atoms with E-state index >= 15 is 0 Å². The lowest BCUT2D eigenvalue weighted by Crippen LogP contribution is -2.19. The van der Waals surface area contributed by atoms with E-state index in [1.165, 1.54) is 0 Å². The van der Waals surface area contributed by atoms with Gasteiger partial charge in [0.25, 0.3) is 0 Å². The number of methoxy groups -OCH3 is 1. The lowest BCUT2D eigenvalue weighted by atomic mass is 10.2. The molecule has 0 aliphatic rings. The molecule has 0 aliphatic heterocycles. The molecule has 23 heavy (non-hydrogen) atoms. The number of nitrogens with zero attached hydrogens (tertiary/aromatic N) is 1. The molecule has 0 bridgehead atoms. The van der Waals surface area contributed by atoms with E-state index in [0.29, 0.717) is 17.2 Å². The number of hydrogen-bond acceptors (Lipinski definition) is 4. The van der Waals surface area contributed by atoms with Gasteiger partial charge in [0.2, 0.25) is 0 Å². The van der Waals surface area contributed by atoms with Crippen molar-refractivity contribution in [3.05, 3.63) is 54.7 Å². The summed E-state index contributed by atoms with van der Waals surface area (Å²) in [5, 5.41) is 3.35. The van der Waals surface area contributed by atoms with Crippen LogP contribution in [0.3, 0.4) is 0 Å². The van der Waals surface area contributed by atoms with Crippen LogP contribution in [0.25, 0.3) is 10.9 Å². The number of primary amides is 1. The highest BCUT2D eigenvalue weighted by atomic mass is 16.5. The van der Waals surface area contributed by atoms with E-state index in [1.54, 1.807) is 43.6 Å². The van der Waals surface area contributed by atoms with Gasteiger partial charge in [0, 0.05) is 17.3 Å². The van der Waals surface area contributed by atoms with Gasteiger partial charge >= 0.3 is 6.03 Å². The van der Waals surface area contributed by atoms with E-state index in [-0.39, 0.29) is 0 Å². The summed E-state index contributed by atoms with van der Waals surface area (Å²) in [7, 11) is 1.61. The molecule has 3 rings (SSSR count). The van der Waals surface area contributed by atoms with Gasteiger partial charge in [-0.3, -0.25) is 4.98 Å². The third-order valence-corrected chi connectivity index (χ3v) is 3.26. The monoisotopic (exact) mass is 309 g/mol. The number of pyridine rings is 1. The normalized spacial score (nSPS) is 10.3. The molecule has 0 saturated heterocycles. The summed E-state index contributed by atoms with van der Waals surface area (Å²) in [5.74, 6) is 2.04. The van der Waals surface area contributed by atoms with Crippen molar-refractivity contribution in [2.24, 2.45) is 5.73 Å². The van der Waals surface area contributed by atoms with E-state index in [1.807, 2.05) is 18.2 Å². The third-order valence-electron chi connectivity index (χ3n) is 3.26. The lowest BCUT2D eigenvalue weighted by Gasteiger charge is -2.10. The number of rotatable bonds is 4. The number of nitrogens with two attached hydrogens (primary N) is 1. The van der Waals surface area contributed by atoms with Crippen molar-refractivity contribution in [3.8, 4) is 17.2 Å². The molecular formula is C17H15N3O3. The Labute approximate surface area is 132 Å². The zero-order valence-electron chi connectivity index (χ0n) is 12.4. The molecule has 6 nitrogen and oxygen atoms in total. The SMILES string of the molecule is COc1ccc2nccc(Oc3ccc(NC(N)=O)cc3)c2c1. The molecule has 6 heteroatoms. The Morgan fingerprint density at radius 2 is 1.83 bits per heavy atom. The first-order chi connectivity index (χ1) is 11.2. The van der Waals surface area contributed by atoms with Crippen molar-refractivity contribution in [1.29, 1.82) is 0 Å². The number of nitrogens with one attached hydrogen (secondary N) is 1. The molecule has 0 fully saturated rings. The van der Waals surface area contributed by atoms with E-state index in [4.69, 9.17) is 15.2 Å². The average molecular weight is 309 g/mol. The van der Waals surface area contributed by atoms with Crippen LogP contribution in [0.2, 0.25) is 0 Å². The predicted octanol–water partition coefficient (Wildman–Crippen LogP) is 3.53. The Balaban J connectivity index is 1.90. The van der Waals surface area contributed by atoms with Gasteiger partial charge in [0.1, 0.15) is 17.2 Å². The first-order valence-electron chi connectivity index (χ1n) is 6.93. The zero-order chi connectivity index (χ0) is 16.2. The highest BCUT2D eigenvalue weighted by Gasteiger charge is 2.06. The van der Waals surface area contributed by atoms with Gasteiger partial charge in [-0.25, -0.2) is 4.79 Å². The number of ether oxygens (including phenoxy) is 2. The quantitative estimate of drug-likeness (QED) is 0.772. The number of aromatic nitrogens is 1. The Morgan fingerprint density at radius 3 is 2.52 bits per heavy atom. The first kappa shape index (κ1) is 14.6. The number of carbonyl (C=O) groups excluding carboxylic acids is 1. The number of carbonyl (C=O) groups is 1. The molecule has 0 radical (unpaired) electrons. The molecular weight excluding hydrogens is 294 g/mol. The van der Waals surface area contributed by atoms with Gasteiger partial charge in [-0.15, -0.1) is 0 Å². The van der Waals surface area contributed by atoms with Crippen molar-refractivity contribution < 1.29 is 14.3 Å². The minimum Gasteiger partial charge on any atom is -0.497 e. The van der Waals surface area contributed by atoms with Crippen LogP contribution in [0, 0.1) is 0 Å².